The summed E-state index contributed by atoms with van der Waals surface area (Å²) in [6, 6.07) is 10.1. The van der Waals surface area contributed by atoms with E-state index in [9.17, 15) is 13.2 Å². The molecule has 0 aliphatic carbocycles. The minimum Gasteiger partial charge on any atom is -0.360 e. The van der Waals surface area contributed by atoms with E-state index in [4.69, 9.17) is 4.52 Å². The number of sulfone groups is 1. The van der Waals surface area contributed by atoms with Crippen LogP contribution in [0, 0.1) is 20.8 Å². The van der Waals surface area contributed by atoms with E-state index >= 15 is 0 Å². The number of rotatable bonds is 5. The van der Waals surface area contributed by atoms with Gasteiger partial charge in [0.15, 0.2) is 15.7 Å². The summed E-state index contributed by atoms with van der Waals surface area (Å²) in [6.45, 7) is 7.53. The van der Waals surface area contributed by atoms with Crippen LogP contribution in [0.1, 0.15) is 46.0 Å². The van der Waals surface area contributed by atoms with E-state index in [2.05, 4.69) is 5.16 Å². The Balaban J connectivity index is 1.88. The molecule has 3 aromatic rings. The maximum atomic E-state index is 13.2. The number of carbonyl (C=O) groups excluding carboxylic acids is 1. The van der Waals surface area contributed by atoms with Crippen molar-refractivity contribution in [1.82, 2.24) is 14.6 Å². The Kier molecular flexibility index (Phi) is 5.40. The number of carbonyl (C=O) groups is 1. The summed E-state index contributed by atoms with van der Waals surface area (Å²) in [5.41, 5.74) is 3.12. The highest BCUT2D eigenvalue weighted by Gasteiger charge is 2.24. The van der Waals surface area contributed by atoms with Gasteiger partial charge < -0.3 is 9.42 Å². The Morgan fingerprint density at radius 2 is 1.76 bits per heavy atom. The minimum absolute atomic E-state index is 0.121. The molecule has 0 spiro atoms. The second kappa shape index (κ2) is 7.51. The molecule has 154 valence electrons. The predicted octanol–water partition coefficient (Wildman–Crippen LogP) is 3.63. The van der Waals surface area contributed by atoms with Crippen LogP contribution < -0.4 is 0 Å². The van der Waals surface area contributed by atoms with Crippen LogP contribution in [0.2, 0.25) is 0 Å². The molecule has 8 heteroatoms. The maximum absolute atomic E-state index is 13.2. The first kappa shape index (κ1) is 20.9. The largest absolute Gasteiger partial charge is 0.360 e. The van der Waals surface area contributed by atoms with Crippen molar-refractivity contribution < 1.29 is 17.7 Å². The quantitative estimate of drug-likeness (QED) is 0.635. The maximum Gasteiger partial charge on any atom is 0.255 e. The van der Waals surface area contributed by atoms with E-state index in [1.165, 1.54) is 6.26 Å². The van der Waals surface area contributed by atoms with Crippen LogP contribution >= 0.6 is 0 Å². The van der Waals surface area contributed by atoms with Crippen LogP contribution in [0.3, 0.4) is 0 Å². The summed E-state index contributed by atoms with van der Waals surface area (Å²) < 4.78 is 30.4. The Labute approximate surface area is 170 Å². The molecule has 0 bridgehead atoms. The lowest BCUT2D eigenvalue weighted by Gasteiger charge is -2.25. The first-order valence-corrected chi connectivity index (χ1v) is 11.1. The Bertz CT molecular complexity index is 1160. The summed E-state index contributed by atoms with van der Waals surface area (Å²) in [6.07, 6.45) is 1.17. The fraction of sp³-hybridized carbons (Fsp3) is 0.333. The molecule has 29 heavy (non-hydrogen) atoms. The van der Waals surface area contributed by atoms with Gasteiger partial charge in [0.05, 0.1) is 16.5 Å². The second-order valence-electron chi connectivity index (χ2n) is 7.35. The third kappa shape index (κ3) is 3.98. The van der Waals surface area contributed by atoms with Gasteiger partial charge in [-0.1, -0.05) is 17.3 Å². The van der Waals surface area contributed by atoms with Crippen molar-refractivity contribution in [2.24, 2.45) is 0 Å². The Morgan fingerprint density at radius 3 is 2.28 bits per heavy atom. The Morgan fingerprint density at radius 1 is 1.14 bits per heavy atom. The number of benzene rings is 1. The van der Waals surface area contributed by atoms with Gasteiger partial charge in [0.25, 0.3) is 5.91 Å². The molecule has 0 fully saturated rings. The van der Waals surface area contributed by atoms with Crippen LogP contribution in [0.25, 0.3) is 5.82 Å². The van der Waals surface area contributed by atoms with Gasteiger partial charge in [-0.2, -0.15) is 0 Å². The van der Waals surface area contributed by atoms with E-state index in [1.807, 2.05) is 44.4 Å². The number of aromatic nitrogens is 2. The fourth-order valence-electron chi connectivity index (χ4n) is 3.37. The van der Waals surface area contributed by atoms with Gasteiger partial charge in [0, 0.05) is 30.8 Å². The second-order valence-corrected chi connectivity index (χ2v) is 9.36. The molecule has 0 aliphatic rings. The lowest BCUT2D eigenvalue weighted by molar-refractivity contribution is 0.0742. The van der Waals surface area contributed by atoms with Gasteiger partial charge in [-0.15, -0.1) is 0 Å². The zero-order chi connectivity index (χ0) is 21.5. The molecule has 1 aromatic carbocycles. The van der Waals surface area contributed by atoms with Crippen LogP contribution in [-0.2, 0) is 9.84 Å². The topological polar surface area (TPSA) is 85.4 Å². The average Bonchev–Trinajstić information content (AvgIpc) is 3.21. The lowest BCUT2D eigenvalue weighted by Crippen LogP contribution is -2.30. The summed E-state index contributed by atoms with van der Waals surface area (Å²) in [4.78, 5) is 15.1. The van der Waals surface area contributed by atoms with Gasteiger partial charge in [-0.3, -0.25) is 9.36 Å². The highest BCUT2D eigenvalue weighted by molar-refractivity contribution is 7.90. The average molecular weight is 416 g/mol. The summed E-state index contributed by atoms with van der Waals surface area (Å²) in [5.74, 6) is 1.22. The van der Waals surface area contributed by atoms with Crippen molar-refractivity contribution in [1.29, 1.82) is 0 Å². The minimum atomic E-state index is -3.25. The molecule has 0 saturated heterocycles. The van der Waals surface area contributed by atoms with Gasteiger partial charge in [0.2, 0.25) is 0 Å². The van der Waals surface area contributed by atoms with E-state index in [-0.39, 0.29) is 16.8 Å². The van der Waals surface area contributed by atoms with E-state index in [0.29, 0.717) is 17.1 Å². The normalized spacial score (nSPS) is 12.8. The van der Waals surface area contributed by atoms with Crippen molar-refractivity contribution in [3.63, 3.8) is 0 Å². The molecule has 2 heterocycles. The van der Waals surface area contributed by atoms with Gasteiger partial charge in [-0.05, 0) is 51.5 Å². The number of nitrogens with zero attached hydrogens (tertiary/aromatic N) is 3. The molecule has 1 atom stereocenters. The standard InChI is InChI=1S/C21H25N3O4S/c1-13-11-19(16(4)24(13)20-12-14(2)28-22-20)21(25)23(5)15(3)17-7-9-18(10-8-17)29(6,26)27/h7-12,15H,1-6H3/t15-/m0/s1. The fourth-order valence-corrected chi connectivity index (χ4v) is 4.00. The SMILES string of the molecule is Cc1cc(-n2c(C)cc(C(=O)N(C)[C@@H](C)c3ccc(S(C)(=O)=O)cc3)c2C)no1. The van der Waals surface area contributed by atoms with Crippen molar-refractivity contribution in [2.45, 2.75) is 38.6 Å². The first-order valence-electron chi connectivity index (χ1n) is 9.20. The molecule has 2 aromatic heterocycles. The molecule has 0 unspecified atom stereocenters. The summed E-state index contributed by atoms with van der Waals surface area (Å²) in [5, 5.41) is 4.05. The van der Waals surface area contributed by atoms with Crippen molar-refractivity contribution in [3.05, 3.63) is 64.7 Å². The smallest absolute Gasteiger partial charge is 0.255 e. The lowest BCUT2D eigenvalue weighted by atomic mass is 10.1. The van der Waals surface area contributed by atoms with Gasteiger partial charge in [-0.25, -0.2) is 8.42 Å². The third-order valence-corrected chi connectivity index (χ3v) is 6.33. The molecular formula is C21H25N3O4S. The van der Waals surface area contributed by atoms with Crippen LogP contribution in [0.5, 0.6) is 0 Å². The predicted molar refractivity (Wildman–Crippen MR) is 110 cm³/mol. The molecule has 3 rings (SSSR count). The number of aryl methyl sites for hydroxylation is 2. The number of hydrogen-bond acceptors (Lipinski definition) is 5. The summed E-state index contributed by atoms with van der Waals surface area (Å²) >= 11 is 0. The monoisotopic (exact) mass is 415 g/mol. The van der Waals surface area contributed by atoms with Gasteiger partial charge in [0.1, 0.15) is 5.76 Å². The number of amides is 1. The number of hydrogen-bond donors (Lipinski definition) is 0. The van der Waals surface area contributed by atoms with E-state index in [0.717, 1.165) is 17.0 Å². The highest BCUT2D eigenvalue weighted by Crippen LogP contribution is 2.26. The molecule has 1 amide bonds. The van der Waals surface area contributed by atoms with Crippen LogP contribution in [-0.4, -0.2) is 42.3 Å². The molecule has 7 nitrogen and oxygen atoms in total. The molecule has 0 saturated carbocycles. The molecular weight excluding hydrogens is 390 g/mol. The summed E-state index contributed by atoms with van der Waals surface area (Å²) in [7, 11) is -1.51. The molecule has 0 aliphatic heterocycles. The first-order chi connectivity index (χ1) is 13.5. The Hall–Kier alpha value is -2.87. The van der Waals surface area contributed by atoms with Gasteiger partial charge >= 0.3 is 0 Å². The van der Waals surface area contributed by atoms with Crippen molar-refractivity contribution in [3.8, 4) is 5.82 Å². The van der Waals surface area contributed by atoms with Crippen LogP contribution in [0.4, 0.5) is 0 Å². The van der Waals surface area contributed by atoms with Crippen molar-refractivity contribution in [2.75, 3.05) is 13.3 Å². The van der Waals surface area contributed by atoms with Crippen molar-refractivity contribution >= 4 is 15.7 Å². The molecule has 0 N–H and O–H groups in total. The van der Waals surface area contributed by atoms with E-state index < -0.39 is 9.84 Å². The zero-order valence-corrected chi connectivity index (χ0v) is 18.2. The van der Waals surface area contributed by atoms with Crippen LogP contribution in [0.15, 0.2) is 45.8 Å². The molecule has 0 radical (unpaired) electrons. The zero-order valence-electron chi connectivity index (χ0n) is 17.4. The third-order valence-electron chi connectivity index (χ3n) is 5.20. The van der Waals surface area contributed by atoms with E-state index in [1.54, 1.807) is 36.2 Å². The highest BCUT2D eigenvalue weighted by atomic mass is 32.2.